The van der Waals surface area contributed by atoms with Crippen molar-refractivity contribution in [2.24, 2.45) is 0 Å². The van der Waals surface area contributed by atoms with Crippen LogP contribution < -0.4 is 5.32 Å². The van der Waals surface area contributed by atoms with Crippen LogP contribution in [0.1, 0.15) is 26.7 Å². The molecule has 0 unspecified atom stereocenters. The average Bonchev–Trinajstić information content (AvgIpc) is 2.65. The van der Waals surface area contributed by atoms with E-state index in [0.29, 0.717) is 18.2 Å². The van der Waals surface area contributed by atoms with Crippen LogP contribution in [0.15, 0.2) is 12.1 Å². The van der Waals surface area contributed by atoms with Crippen molar-refractivity contribution in [2.75, 3.05) is 5.32 Å². The summed E-state index contributed by atoms with van der Waals surface area (Å²) < 4.78 is 0. The van der Waals surface area contributed by atoms with E-state index in [1.54, 1.807) is 17.4 Å². The third-order valence-electron chi connectivity index (χ3n) is 2.61. The number of rotatable bonds is 3. The van der Waals surface area contributed by atoms with Gasteiger partial charge in [-0.15, -0.1) is 11.3 Å². The molecule has 2 heterocycles. The topological polar surface area (TPSA) is 61.6 Å². The van der Waals surface area contributed by atoms with Gasteiger partial charge < -0.3 is 5.32 Å². The second-order valence-electron chi connectivity index (χ2n) is 4.14. The predicted molar refractivity (Wildman–Crippen MR) is 72.6 cm³/mol. The van der Waals surface area contributed by atoms with Gasteiger partial charge in [0.1, 0.15) is 11.8 Å². The van der Waals surface area contributed by atoms with Crippen molar-refractivity contribution in [1.82, 2.24) is 9.97 Å². The molecule has 0 fully saturated rings. The summed E-state index contributed by atoms with van der Waals surface area (Å²) in [6.07, 6.45) is 0. The molecule has 0 atom stereocenters. The molecule has 0 aliphatic carbocycles. The standard InChI is InChI=1S/C13H14N4S/c1-8-4-12(18-10(8)3)7-15-13-16-9(2)5-11(6-14)17-13/h4-5H,7H2,1-3H3,(H,15,16,17). The molecular weight excluding hydrogens is 244 g/mol. The fourth-order valence-electron chi connectivity index (χ4n) is 1.61. The summed E-state index contributed by atoms with van der Waals surface area (Å²) in [5.74, 6) is 0.509. The number of thiophene rings is 1. The van der Waals surface area contributed by atoms with Crippen molar-refractivity contribution < 1.29 is 0 Å². The van der Waals surface area contributed by atoms with Crippen LogP contribution in [-0.2, 0) is 6.54 Å². The van der Waals surface area contributed by atoms with Gasteiger partial charge in [0, 0.05) is 15.4 Å². The Hall–Kier alpha value is -1.93. The number of hydrogen-bond acceptors (Lipinski definition) is 5. The van der Waals surface area contributed by atoms with Gasteiger partial charge in [0.25, 0.3) is 0 Å². The zero-order valence-corrected chi connectivity index (χ0v) is 11.4. The third-order valence-corrected chi connectivity index (χ3v) is 3.76. The van der Waals surface area contributed by atoms with E-state index in [0.717, 1.165) is 5.69 Å². The van der Waals surface area contributed by atoms with Crippen molar-refractivity contribution in [2.45, 2.75) is 27.3 Å². The van der Waals surface area contributed by atoms with Gasteiger partial charge in [-0.2, -0.15) is 5.26 Å². The zero-order valence-electron chi connectivity index (χ0n) is 10.6. The second kappa shape index (κ2) is 5.15. The summed E-state index contributed by atoms with van der Waals surface area (Å²) in [5.41, 5.74) is 2.49. The molecule has 0 saturated heterocycles. The molecule has 0 aliphatic heterocycles. The lowest BCUT2D eigenvalue weighted by Gasteiger charge is -2.04. The number of aromatic nitrogens is 2. The SMILES string of the molecule is Cc1cc(C#N)nc(NCc2cc(C)c(C)s2)n1. The first-order valence-corrected chi connectivity index (χ1v) is 6.45. The molecule has 0 amide bonds. The summed E-state index contributed by atoms with van der Waals surface area (Å²) in [5, 5.41) is 12.0. The highest BCUT2D eigenvalue weighted by Gasteiger charge is 2.04. The number of aryl methyl sites for hydroxylation is 3. The van der Waals surface area contributed by atoms with Crippen molar-refractivity contribution >= 4 is 17.3 Å². The number of hydrogen-bond donors (Lipinski definition) is 1. The summed E-state index contributed by atoms with van der Waals surface area (Å²) in [6, 6.07) is 5.86. The lowest BCUT2D eigenvalue weighted by Crippen LogP contribution is -2.04. The van der Waals surface area contributed by atoms with E-state index < -0.39 is 0 Å². The van der Waals surface area contributed by atoms with Crippen LogP contribution in [0.3, 0.4) is 0 Å². The summed E-state index contributed by atoms with van der Waals surface area (Å²) in [7, 11) is 0. The molecule has 18 heavy (non-hydrogen) atoms. The molecular formula is C13H14N4S. The summed E-state index contributed by atoms with van der Waals surface area (Å²) in [4.78, 5) is 10.9. The first kappa shape index (κ1) is 12.5. The van der Waals surface area contributed by atoms with Gasteiger partial charge in [-0.25, -0.2) is 9.97 Å². The molecule has 2 rings (SSSR count). The minimum Gasteiger partial charge on any atom is -0.349 e. The number of nitrogens with zero attached hydrogens (tertiary/aromatic N) is 3. The minimum absolute atomic E-state index is 0.392. The molecule has 0 aliphatic rings. The van der Waals surface area contributed by atoms with E-state index in [-0.39, 0.29) is 0 Å². The van der Waals surface area contributed by atoms with Crippen molar-refractivity contribution in [1.29, 1.82) is 5.26 Å². The van der Waals surface area contributed by atoms with Crippen LogP contribution in [0.25, 0.3) is 0 Å². The summed E-state index contributed by atoms with van der Waals surface area (Å²) >= 11 is 1.76. The maximum Gasteiger partial charge on any atom is 0.224 e. The third kappa shape index (κ3) is 2.84. The van der Waals surface area contributed by atoms with Gasteiger partial charge in [-0.3, -0.25) is 0 Å². The van der Waals surface area contributed by atoms with Gasteiger partial charge in [0.2, 0.25) is 5.95 Å². The average molecular weight is 258 g/mol. The second-order valence-corrected chi connectivity index (χ2v) is 5.48. The van der Waals surface area contributed by atoms with E-state index in [4.69, 9.17) is 5.26 Å². The number of anilines is 1. The Kier molecular flexibility index (Phi) is 3.58. The molecule has 0 radical (unpaired) electrons. The highest BCUT2D eigenvalue weighted by molar-refractivity contribution is 7.12. The minimum atomic E-state index is 0.392. The van der Waals surface area contributed by atoms with E-state index >= 15 is 0 Å². The maximum absolute atomic E-state index is 8.85. The maximum atomic E-state index is 8.85. The molecule has 92 valence electrons. The van der Waals surface area contributed by atoms with E-state index in [2.05, 4.69) is 35.2 Å². The smallest absolute Gasteiger partial charge is 0.224 e. The Balaban J connectivity index is 2.11. The predicted octanol–water partition coefficient (Wildman–Crippen LogP) is 2.95. The highest BCUT2D eigenvalue weighted by Crippen LogP contribution is 2.21. The van der Waals surface area contributed by atoms with Gasteiger partial charge in [0.05, 0.1) is 6.54 Å². The Bertz CT molecular complexity index is 590. The Morgan fingerprint density at radius 2 is 2.06 bits per heavy atom. The molecule has 5 heteroatoms. The van der Waals surface area contributed by atoms with Gasteiger partial charge in [-0.05, 0) is 38.5 Å². The van der Waals surface area contributed by atoms with Crippen LogP contribution in [0, 0.1) is 32.1 Å². The van der Waals surface area contributed by atoms with Gasteiger partial charge in [0.15, 0.2) is 0 Å². The first-order chi connectivity index (χ1) is 8.58. The molecule has 2 aromatic heterocycles. The molecule has 4 nitrogen and oxygen atoms in total. The van der Waals surface area contributed by atoms with Gasteiger partial charge >= 0.3 is 0 Å². The van der Waals surface area contributed by atoms with Crippen LogP contribution in [0.5, 0.6) is 0 Å². The van der Waals surface area contributed by atoms with Gasteiger partial charge in [-0.1, -0.05) is 0 Å². The van der Waals surface area contributed by atoms with E-state index in [1.807, 2.05) is 13.0 Å². The lowest BCUT2D eigenvalue weighted by molar-refractivity contribution is 1.03. The molecule has 0 bridgehead atoms. The monoisotopic (exact) mass is 258 g/mol. The molecule has 2 aromatic rings. The van der Waals surface area contributed by atoms with Crippen molar-refractivity contribution in [3.63, 3.8) is 0 Å². The Labute approximate surface area is 110 Å². The van der Waals surface area contributed by atoms with Crippen LogP contribution in [-0.4, -0.2) is 9.97 Å². The number of nitrogens with one attached hydrogen (secondary N) is 1. The van der Waals surface area contributed by atoms with Crippen molar-refractivity contribution in [3.05, 3.63) is 38.8 Å². The van der Waals surface area contributed by atoms with E-state index in [1.165, 1.54) is 15.3 Å². The molecule has 1 N–H and O–H groups in total. The molecule has 0 saturated carbocycles. The largest absolute Gasteiger partial charge is 0.349 e. The highest BCUT2D eigenvalue weighted by atomic mass is 32.1. The quantitative estimate of drug-likeness (QED) is 0.919. The van der Waals surface area contributed by atoms with Crippen LogP contribution >= 0.6 is 11.3 Å². The van der Waals surface area contributed by atoms with Crippen LogP contribution in [0.4, 0.5) is 5.95 Å². The summed E-state index contributed by atoms with van der Waals surface area (Å²) in [6.45, 7) is 6.76. The first-order valence-electron chi connectivity index (χ1n) is 5.64. The van der Waals surface area contributed by atoms with Crippen LogP contribution in [0.2, 0.25) is 0 Å². The fourth-order valence-corrected chi connectivity index (χ4v) is 2.60. The number of nitriles is 1. The zero-order chi connectivity index (χ0) is 13.1. The normalized spacial score (nSPS) is 10.1. The Morgan fingerprint density at radius 1 is 1.28 bits per heavy atom. The lowest BCUT2D eigenvalue weighted by atomic mass is 10.3. The van der Waals surface area contributed by atoms with Crippen molar-refractivity contribution in [3.8, 4) is 6.07 Å². The Morgan fingerprint density at radius 3 is 2.67 bits per heavy atom. The molecule has 0 aromatic carbocycles. The van der Waals surface area contributed by atoms with E-state index in [9.17, 15) is 0 Å². The fraction of sp³-hybridized carbons (Fsp3) is 0.308. The molecule has 0 spiro atoms.